The summed E-state index contributed by atoms with van der Waals surface area (Å²) in [6, 6.07) is 5.92. The molecule has 1 aromatic rings. The Balaban J connectivity index is 1.24. The Morgan fingerprint density at radius 3 is 2.59 bits per heavy atom. The van der Waals surface area contributed by atoms with Crippen LogP contribution < -0.4 is 16.4 Å². The maximum atomic E-state index is 13.7. The van der Waals surface area contributed by atoms with Crippen LogP contribution in [0, 0.1) is 17.7 Å². The lowest BCUT2D eigenvalue weighted by Gasteiger charge is -2.40. The third kappa shape index (κ3) is 7.01. The zero-order chi connectivity index (χ0) is 27.4. The number of hydrogen-bond acceptors (Lipinski definition) is 6. The minimum atomic E-state index is -3.21. The summed E-state index contributed by atoms with van der Waals surface area (Å²) in [5.41, 5.74) is 7.58. The van der Waals surface area contributed by atoms with Crippen LogP contribution in [0.4, 0.5) is 4.39 Å². The van der Waals surface area contributed by atoms with E-state index in [9.17, 15) is 17.6 Å². The number of piperazine rings is 1. The van der Waals surface area contributed by atoms with Gasteiger partial charge in [0.05, 0.1) is 11.8 Å². The highest BCUT2D eigenvalue weighted by molar-refractivity contribution is 7.89. The van der Waals surface area contributed by atoms with Crippen LogP contribution in [0.15, 0.2) is 24.3 Å². The third-order valence-corrected chi connectivity index (χ3v) is 11.6. The first kappa shape index (κ1) is 28.9. The number of nitrogens with one attached hydrogen (secondary N) is 2. The summed E-state index contributed by atoms with van der Waals surface area (Å²) in [4.78, 5) is 13.6. The molecule has 8 nitrogen and oxygen atoms in total. The van der Waals surface area contributed by atoms with E-state index in [1.54, 1.807) is 16.4 Å². The number of hydrogen-bond donors (Lipinski definition) is 3. The van der Waals surface area contributed by atoms with Gasteiger partial charge in [-0.25, -0.2) is 12.8 Å². The van der Waals surface area contributed by atoms with Gasteiger partial charge in [0.25, 0.3) is 0 Å². The van der Waals surface area contributed by atoms with Crippen LogP contribution in [0.25, 0.3) is 0 Å². The van der Waals surface area contributed by atoms with E-state index in [0.29, 0.717) is 38.6 Å². The number of carbonyl (C=O) groups is 1. The molecule has 39 heavy (non-hydrogen) atoms. The molecule has 4 aliphatic rings. The standard InChI is InChI=1S/C29H45FN4O4S/c30-23-10-7-21(8-11-23)27(22-13-15-38-16-14-22)28(31)29(35)33-26-6-2-1-4-20(26)9-12-25-18-32-24-5-3-17-39(36,37)34(25)19-24/h7-8,10-11,20,22,24-28,32H,1-6,9,12-19,31H2,(H,33,35). The lowest BCUT2D eigenvalue weighted by molar-refractivity contribution is -0.124. The number of amides is 1. The van der Waals surface area contributed by atoms with E-state index in [1.165, 1.54) is 12.1 Å². The molecule has 2 bridgehead atoms. The monoisotopic (exact) mass is 564 g/mol. The first-order chi connectivity index (χ1) is 18.8. The van der Waals surface area contributed by atoms with E-state index in [4.69, 9.17) is 10.5 Å². The molecule has 4 N–H and O–H groups in total. The Labute approximate surface area is 232 Å². The summed E-state index contributed by atoms with van der Waals surface area (Å²) in [5, 5.41) is 6.87. The normalized spacial score (nSPS) is 33.0. The first-order valence-corrected chi connectivity index (χ1v) is 16.5. The molecule has 218 valence electrons. The summed E-state index contributed by atoms with van der Waals surface area (Å²) < 4.78 is 46.8. The van der Waals surface area contributed by atoms with E-state index in [1.807, 2.05) is 0 Å². The topological polar surface area (TPSA) is 114 Å². The molecule has 3 saturated heterocycles. The van der Waals surface area contributed by atoms with Crippen molar-refractivity contribution in [1.82, 2.24) is 14.9 Å². The minimum absolute atomic E-state index is 0.0266. The van der Waals surface area contributed by atoms with Crippen molar-refractivity contribution in [3.05, 3.63) is 35.6 Å². The molecule has 10 heteroatoms. The van der Waals surface area contributed by atoms with E-state index < -0.39 is 16.1 Å². The Bertz CT molecular complexity index is 1070. The molecule has 3 heterocycles. The summed E-state index contributed by atoms with van der Waals surface area (Å²) in [6.07, 6.45) is 9.06. The van der Waals surface area contributed by atoms with Crippen LogP contribution in [0.5, 0.6) is 0 Å². The predicted molar refractivity (Wildman–Crippen MR) is 149 cm³/mol. The number of rotatable bonds is 8. The van der Waals surface area contributed by atoms with Gasteiger partial charge in [-0.15, -0.1) is 0 Å². The molecular weight excluding hydrogens is 519 g/mol. The van der Waals surface area contributed by atoms with Crippen molar-refractivity contribution < 1.29 is 22.3 Å². The van der Waals surface area contributed by atoms with Gasteiger partial charge < -0.3 is 21.1 Å². The van der Waals surface area contributed by atoms with Crippen molar-refractivity contribution >= 4 is 15.9 Å². The van der Waals surface area contributed by atoms with E-state index in [-0.39, 0.29) is 47.4 Å². The first-order valence-electron chi connectivity index (χ1n) is 14.9. The zero-order valence-corrected chi connectivity index (χ0v) is 23.7. The van der Waals surface area contributed by atoms with Gasteiger partial charge in [0.2, 0.25) is 15.9 Å². The second-order valence-corrected chi connectivity index (χ2v) is 14.1. The summed E-state index contributed by atoms with van der Waals surface area (Å²) in [6.45, 7) is 2.56. The SMILES string of the molecule is NC(C(=O)NC1CCCCC1CCC1CNC2CCCS(=O)(=O)N1C2)C(c1ccc(F)cc1)C1CCOCC1. The van der Waals surface area contributed by atoms with E-state index in [2.05, 4.69) is 10.6 Å². The van der Waals surface area contributed by atoms with Crippen LogP contribution in [-0.4, -0.2) is 74.9 Å². The van der Waals surface area contributed by atoms with Crippen LogP contribution >= 0.6 is 0 Å². The predicted octanol–water partition coefficient (Wildman–Crippen LogP) is 2.88. The number of fused-ring (bicyclic) bond motifs is 2. The lowest BCUT2D eigenvalue weighted by atomic mass is 9.76. The third-order valence-electron chi connectivity index (χ3n) is 9.59. The number of sulfonamides is 1. The molecule has 1 amide bonds. The van der Waals surface area contributed by atoms with Gasteiger partial charge in [-0.3, -0.25) is 4.79 Å². The van der Waals surface area contributed by atoms with Crippen LogP contribution in [-0.2, 0) is 19.6 Å². The summed E-state index contributed by atoms with van der Waals surface area (Å²) in [7, 11) is -3.21. The molecule has 7 atom stereocenters. The molecule has 5 rings (SSSR count). The second kappa shape index (κ2) is 12.9. The van der Waals surface area contributed by atoms with Gasteiger partial charge in [-0.05, 0) is 80.9 Å². The van der Waals surface area contributed by atoms with E-state index >= 15 is 0 Å². The van der Waals surface area contributed by atoms with Crippen molar-refractivity contribution in [2.75, 3.05) is 32.1 Å². The zero-order valence-electron chi connectivity index (χ0n) is 22.9. The Hall–Kier alpha value is -1.59. The Kier molecular flexibility index (Phi) is 9.59. The smallest absolute Gasteiger partial charge is 0.237 e. The molecule has 1 aromatic carbocycles. The van der Waals surface area contributed by atoms with Crippen LogP contribution in [0.2, 0.25) is 0 Å². The number of halogens is 1. The fourth-order valence-corrected chi connectivity index (χ4v) is 9.18. The molecule has 7 unspecified atom stereocenters. The van der Waals surface area contributed by atoms with Crippen molar-refractivity contribution in [2.45, 2.75) is 94.3 Å². The second-order valence-electron chi connectivity index (χ2n) is 12.1. The lowest BCUT2D eigenvalue weighted by Crippen LogP contribution is -2.57. The van der Waals surface area contributed by atoms with Gasteiger partial charge in [-0.2, -0.15) is 4.31 Å². The molecule has 3 aliphatic heterocycles. The van der Waals surface area contributed by atoms with Crippen molar-refractivity contribution in [2.24, 2.45) is 17.6 Å². The molecule has 1 aliphatic carbocycles. The van der Waals surface area contributed by atoms with Crippen LogP contribution in [0.1, 0.15) is 75.7 Å². The summed E-state index contributed by atoms with van der Waals surface area (Å²) >= 11 is 0. The Morgan fingerprint density at radius 2 is 1.82 bits per heavy atom. The summed E-state index contributed by atoms with van der Waals surface area (Å²) in [5.74, 6) is 0.0875. The number of nitrogens with zero attached hydrogens (tertiary/aromatic N) is 1. The van der Waals surface area contributed by atoms with Gasteiger partial charge in [-0.1, -0.05) is 25.0 Å². The van der Waals surface area contributed by atoms with Gasteiger partial charge in [0, 0.05) is 50.3 Å². The molecule has 1 saturated carbocycles. The number of nitrogens with two attached hydrogens (primary N) is 1. The number of benzene rings is 1. The van der Waals surface area contributed by atoms with Crippen molar-refractivity contribution in [1.29, 1.82) is 0 Å². The number of carbonyl (C=O) groups excluding carboxylic acids is 1. The van der Waals surface area contributed by atoms with Crippen molar-refractivity contribution in [3.8, 4) is 0 Å². The highest BCUT2D eigenvalue weighted by atomic mass is 32.2. The maximum Gasteiger partial charge on any atom is 0.237 e. The van der Waals surface area contributed by atoms with Crippen molar-refractivity contribution in [3.63, 3.8) is 0 Å². The highest BCUT2D eigenvalue weighted by Gasteiger charge is 2.39. The molecule has 4 fully saturated rings. The Morgan fingerprint density at radius 1 is 1.08 bits per heavy atom. The number of ether oxygens (including phenoxy) is 1. The van der Waals surface area contributed by atoms with Gasteiger partial charge >= 0.3 is 0 Å². The maximum absolute atomic E-state index is 13.7. The average molecular weight is 565 g/mol. The highest BCUT2D eigenvalue weighted by Crippen LogP contribution is 2.36. The quantitative estimate of drug-likeness (QED) is 0.448. The largest absolute Gasteiger partial charge is 0.381 e. The average Bonchev–Trinajstić information content (AvgIpc) is 3.06. The fourth-order valence-electron chi connectivity index (χ4n) is 7.37. The molecule has 0 aromatic heterocycles. The van der Waals surface area contributed by atoms with Crippen LogP contribution in [0.3, 0.4) is 0 Å². The molecule has 0 radical (unpaired) electrons. The molecule has 0 spiro atoms. The van der Waals surface area contributed by atoms with Gasteiger partial charge in [0.15, 0.2) is 0 Å². The fraction of sp³-hybridized carbons (Fsp3) is 0.759. The minimum Gasteiger partial charge on any atom is -0.381 e. The molecular formula is C29H45FN4O4S. The van der Waals surface area contributed by atoms with Gasteiger partial charge in [0.1, 0.15) is 5.82 Å². The van der Waals surface area contributed by atoms with E-state index in [0.717, 1.165) is 63.4 Å².